The summed E-state index contributed by atoms with van der Waals surface area (Å²) in [5, 5.41) is 8.06. The highest BCUT2D eigenvalue weighted by atomic mass is 19.4. The van der Waals surface area contributed by atoms with Crippen molar-refractivity contribution in [3.63, 3.8) is 0 Å². The third kappa shape index (κ3) is 3.29. The number of hydrogen-bond donors (Lipinski definition) is 2. The molecule has 0 saturated carbocycles. The zero-order valence-electron chi connectivity index (χ0n) is 8.07. The molecule has 1 heterocycles. The van der Waals surface area contributed by atoms with Crippen molar-refractivity contribution in [1.29, 1.82) is 0 Å². The highest BCUT2D eigenvalue weighted by Crippen LogP contribution is 2.29. The summed E-state index contributed by atoms with van der Waals surface area (Å²) in [6.07, 6.45) is -2.85. The van der Waals surface area contributed by atoms with Crippen molar-refractivity contribution in [2.24, 2.45) is 0 Å². The summed E-state index contributed by atoms with van der Waals surface area (Å²) in [6, 6.07) is 0. The summed E-state index contributed by atoms with van der Waals surface area (Å²) in [5.41, 5.74) is -1.00. The third-order valence-electron chi connectivity index (χ3n) is 1.65. The minimum atomic E-state index is -4.43. The van der Waals surface area contributed by atoms with Gasteiger partial charge in [-0.05, 0) is 7.05 Å². The molecule has 6 heteroatoms. The maximum Gasteiger partial charge on any atom is 0.434 e. The van der Waals surface area contributed by atoms with Crippen LogP contribution in [0.3, 0.4) is 0 Å². The van der Waals surface area contributed by atoms with Crippen LogP contribution >= 0.6 is 0 Å². The Hall–Kier alpha value is -1.48. The molecular formula is C9H10F3N3. The van der Waals surface area contributed by atoms with Crippen LogP contribution in [-0.2, 0) is 6.18 Å². The lowest BCUT2D eigenvalue weighted by molar-refractivity contribution is -0.141. The minimum absolute atomic E-state index is 0.112. The fraction of sp³-hybridized carbons (Fsp3) is 0.444. The second-order valence-corrected chi connectivity index (χ2v) is 2.81. The molecule has 82 valence electrons. The van der Waals surface area contributed by atoms with Crippen molar-refractivity contribution in [1.82, 2.24) is 15.5 Å². The van der Waals surface area contributed by atoms with Crippen LogP contribution in [0.15, 0.2) is 6.20 Å². The third-order valence-corrected chi connectivity index (χ3v) is 1.65. The number of nitrogens with zero attached hydrogens (tertiary/aromatic N) is 1. The number of nitrogens with one attached hydrogen (secondary N) is 2. The van der Waals surface area contributed by atoms with E-state index in [0.717, 1.165) is 6.20 Å². The van der Waals surface area contributed by atoms with Crippen LogP contribution in [0.5, 0.6) is 0 Å². The molecule has 1 aromatic heterocycles. The molecule has 1 aromatic rings. The Kier molecular flexibility index (Phi) is 3.74. The highest BCUT2D eigenvalue weighted by molar-refractivity contribution is 5.37. The standard InChI is InChI=1S/C9H10F3N3/c1-13-5-3-2-4-7-6-14-15-8(7)9(10,11)12/h6,13H,3,5H2,1H3,(H,14,15). The van der Waals surface area contributed by atoms with Crippen LogP contribution in [0.2, 0.25) is 0 Å². The van der Waals surface area contributed by atoms with Crippen LogP contribution in [0.25, 0.3) is 0 Å². The molecular weight excluding hydrogens is 207 g/mol. The minimum Gasteiger partial charge on any atom is -0.319 e. The first-order chi connectivity index (χ1) is 7.05. The van der Waals surface area contributed by atoms with Gasteiger partial charge in [-0.15, -0.1) is 0 Å². The van der Waals surface area contributed by atoms with Crippen LogP contribution < -0.4 is 5.32 Å². The monoisotopic (exact) mass is 217 g/mol. The van der Waals surface area contributed by atoms with Crippen molar-refractivity contribution in [2.75, 3.05) is 13.6 Å². The van der Waals surface area contributed by atoms with E-state index in [1.807, 2.05) is 5.10 Å². The SMILES string of the molecule is CNCCC#Cc1cn[nH]c1C(F)(F)F. The maximum atomic E-state index is 12.3. The second-order valence-electron chi connectivity index (χ2n) is 2.81. The van der Waals surface area contributed by atoms with E-state index < -0.39 is 11.9 Å². The molecule has 0 spiro atoms. The average molecular weight is 217 g/mol. The molecule has 0 unspecified atom stereocenters. The van der Waals surface area contributed by atoms with Crippen molar-refractivity contribution in [3.8, 4) is 11.8 Å². The van der Waals surface area contributed by atoms with Crippen LogP contribution in [0.1, 0.15) is 17.7 Å². The second kappa shape index (κ2) is 4.84. The fourth-order valence-electron chi connectivity index (χ4n) is 0.942. The summed E-state index contributed by atoms with van der Waals surface area (Å²) >= 11 is 0. The van der Waals surface area contributed by atoms with Crippen LogP contribution in [0, 0.1) is 11.8 Å². The van der Waals surface area contributed by atoms with Gasteiger partial charge in [0.1, 0.15) is 0 Å². The lowest BCUT2D eigenvalue weighted by atomic mass is 10.2. The predicted molar refractivity (Wildman–Crippen MR) is 49.0 cm³/mol. The first kappa shape index (κ1) is 11.6. The normalized spacial score (nSPS) is 10.9. The summed E-state index contributed by atoms with van der Waals surface area (Å²) in [7, 11) is 1.75. The van der Waals surface area contributed by atoms with Gasteiger partial charge in [0.15, 0.2) is 5.69 Å². The van der Waals surface area contributed by atoms with Gasteiger partial charge in [-0.25, -0.2) is 0 Å². The van der Waals surface area contributed by atoms with Crippen molar-refractivity contribution >= 4 is 0 Å². The molecule has 0 amide bonds. The number of aromatic amines is 1. The molecule has 15 heavy (non-hydrogen) atoms. The molecule has 3 nitrogen and oxygen atoms in total. The first-order valence-corrected chi connectivity index (χ1v) is 4.29. The number of hydrogen-bond acceptors (Lipinski definition) is 2. The molecule has 0 aliphatic carbocycles. The summed E-state index contributed by atoms with van der Waals surface area (Å²) in [4.78, 5) is 0. The van der Waals surface area contributed by atoms with Gasteiger partial charge in [-0.1, -0.05) is 11.8 Å². The number of rotatable bonds is 2. The van der Waals surface area contributed by atoms with Gasteiger partial charge in [0.05, 0.1) is 11.8 Å². The Bertz CT molecular complexity index is 370. The summed E-state index contributed by atoms with van der Waals surface area (Å²) in [6.45, 7) is 0.645. The zero-order chi connectivity index (χ0) is 11.3. The van der Waals surface area contributed by atoms with Crippen molar-refractivity contribution < 1.29 is 13.2 Å². The van der Waals surface area contributed by atoms with E-state index in [2.05, 4.69) is 22.3 Å². The predicted octanol–water partition coefficient (Wildman–Crippen LogP) is 1.39. The largest absolute Gasteiger partial charge is 0.434 e. The van der Waals surface area contributed by atoms with Crippen molar-refractivity contribution in [2.45, 2.75) is 12.6 Å². The topological polar surface area (TPSA) is 40.7 Å². The van der Waals surface area contributed by atoms with E-state index >= 15 is 0 Å². The van der Waals surface area contributed by atoms with Gasteiger partial charge in [0.25, 0.3) is 0 Å². The number of H-pyrrole nitrogens is 1. The Balaban J connectivity index is 2.76. The van der Waals surface area contributed by atoms with Crippen LogP contribution in [0.4, 0.5) is 13.2 Å². The Labute approximate surface area is 85.1 Å². The quantitative estimate of drug-likeness (QED) is 0.580. The Morgan fingerprint density at radius 3 is 2.87 bits per heavy atom. The van der Waals surface area contributed by atoms with Crippen LogP contribution in [-0.4, -0.2) is 23.8 Å². The van der Waals surface area contributed by atoms with Gasteiger partial charge < -0.3 is 5.32 Å². The van der Waals surface area contributed by atoms with Gasteiger partial charge in [0, 0.05) is 13.0 Å². The van der Waals surface area contributed by atoms with Gasteiger partial charge in [0.2, 0.25) is 0 Å². The highest BCUT2D eigenvalue weighted by Gasteiger charge is 2.35. The van der Waals surface area contributed by atoms with Gasteiger partial charge in [-0.2, -0.15) is 18.3 Å². The molecule has 0 aromatic carbocycles. The van der Waals surface area contributed by atoms with E-state index in [-0.39, 0.29) is 5.56 Å². The van der Waals surface area contributed by atoms with Gasteiger partial charge >= 0.3 is 6.18 Å². The van der Waals surface area contributed by atoms with E-state index in [0.29, 0.717) is 13.0 Å². The first-order valence-electron chi connectivity index (χ1n) is 4.29. The number of alkyl halides is 3. The molecule has 0 fully saturated rings. The molecule has 2 N–H and O–H groups in total. The number of aromatic nitrogens is 2. The smallest absolute Gasteiger partial charge is 0.319 e. The average Bonchev–Trinajstić information content (AvgIpc) is 2.59. The lowest BCUT2D eigenvalue weighted by Crippen LogP contribution is -2.08. The summed E-state index contributed by atoms with van der Waals surface area (Å²) in [5.74, 6) is 5.06. The van der Waals surface area contributed by atoms with Crippen molar-refractivity contribution in [3.05, 3.63) is 17.5 Å². The maximum absolute atomic E-state index is 12.3. The molecule has 1 rings (SSSR count). The molecule has 0 atom stereocenters. The van der Waals surface area contributed by atoms with E-state index in [1.54, 1.807) is 7.05 Å². The van der Waals surface area contributed by atoms with E-state index in [9.17, 15) is 13.2 Å². The Morgan fingerprint density at radius 2 is 2.27 bits per heavy atom. The molecule has 0 radical (unpaired) electrons. The lowest BCUT2D eigenvalue weighted by Gasteiger charge is -2.02. The molecule has 0 saturated heterocycles. The molecule has 0 bridgehead atoms. The van der Waals surface area contributed by atoms with Gasteiger partial charge in [-0.3, -0.25) is 5.10 Å². The summed E-state index contributed by atoms with van der Waals surface area (Å²) < 4.78 is 36.9. The Morgan fingerprint density at radius 1 is 1.53 bits per heavy atom. The van der Waals surface area contributed by atoms with E-state index in [4.69, 9.17) is 0 Å². The van der Waals surface area contributed by atoms with E-state index in [1.165, 1.54) is 0 Å². The molecule has 0 aliphatic rings. The fourth-order valence-corrected chi connectivity index (χ4v) is 0.942. The molecule has 0 aliphatic heterocycles. The zero-order valence-corrected chi connectivity index (χ0v) is 8.07. The number of halogens is 3.